The number of hydrogen-bond acceptors (Lipinski definition) is 5. The van der Waals surface area contributed by atoms with Gasteiger partial charge in [-0.2, -0.15) is 0 Å². The molecule has 0 amide bonds. The highest BCUT2D eigenvalue weighted by molar-refractivity contribution is 6.17. The van der Waals surface area contributed by atoms with E-state index in [1.807, 2.05) is 98.8 Å². The third-order valence-electron chi connectivity index (χ3n) is 11.1. The molecule has 0 saturated heterocycles. The van der Waals surface area contributed by atoms with Crippen LogP contribution in [0.25, 0.3) is 43.6 Å². The van der Waals surface area contributed by atoms with Gasteiger partial charge < -0.3 is 14.0 Å². The first kappa shape index (κ1) is 36.4. The predicted octanol–water partition coefficient (Wildman–Crippen LogP) is 11.0. The summed E-state index contributed by atoms with van der Waals surface area (Å²) in [7, 11) is 0. The maximum Gasteiger partial charge on any atom is 0.332 e. The lowest BCUT2D eigenvalue weighted by atomic mass is 9.85. The van der Waals surface area contributed by atoms with Crippen LogP contribution in [0.15, 0.2) is 139 Å². The normalized spacial score (nSPS) is 13.1. The molecule has 278 valence electrons. The van der Waals surface area contributed by atoms with Crippen LogP contribution >= 0.6 is 0 Å². The van der Waals surface area contributed by atoms with Gasteiger partial charge in [-0.1, -0.05) is 97.9 Å². The van der Waals surface area contributed by atoms with Crippen molar-refractivity contribution in [1.82, 2.24) is 9.13 Å². The number of hydrogen-bond donors (Lipinski definition) is 0. The monoisotopic (exact) mass is 737 g/mol. The van der Waals surface area contributed by atoms with Crippen molar-refractivity contribution in [1.29, 1.82) is 0 Å². The number of rotatable bonds is 11. The lowest BCUT2D eigenvalue weighted by Gasteiger charge is -2.18. The lowest BCUT2D eigenvalue weighted by Crippen LogP contribution is -2.16. The summed E-state index contributed by atoms with van der Waals surface area (Å²) in [5.41, 5.74) is 9.69. The first-order valence-corrected chi connectivity index (χ1v) is 19.2. The molecule has 0 aliphatic carbocycles. The standard InChI is InChI=1S/C49H43N3O4/c1-6-51-43-22-18-35(26-39(43)41-28-37(20-24-45(41)51)47(50-56-32(5)53)33-14-10-8-11-15-33)30(3)48(54)31(4)36-19-23-44-40(27-36)42-29-38(21-25-46(42)52(44)7-2)49(55)34-16-12-9-13-17-34/h8-31H,6-7H2,1-5H3. The second-order valence-corrected chi connectivity index (χ2v) is 14.4. The molecule has 2 unspecified atom stereocenters. The Morgan fingerprint density at radius 1 is 0.536 bits per heavy atom. The van der Waals surface area contributed by atoms with Gasteiger partial charge in [0.1, 0.15) is 11.5 Å². The van der Waals surface area contributed by atoms with E-state index < -0.39 is 5.97 Å². The van der Waals surface area contributed by atoms with Crippen molar-refractivity contribution in [3.63, 3.8) is 0 Å². The van der Waals surface area contributed by atoms with Crippen molar-refractivity contribution in [2.45, 2.75) is 59.5 Å². The maximum absolute atomic E-state index is 14.4. The summed E-state index contributed by atoms with van der Waals surface area (Å²) in [5.74, 6) is -1.11. The number of Topliss-reactive ketones (excluding diaryl/α,β-unsaturated/α-hetero) is 1. The highest BCUT2D eigenvalue weighted by Gasteiger charge is 2.25. The van der Waals surface area contributed by atoms with Gasteiger partial charge >= 0.3 is 5.97 Å². The number of carbonyl (C=O) groups is 3. The highest BCUT2D eigenvalue weighted by Crippen LogP contribution is 2.37. The molecule has 2 heterocycles. The van der Waals surface area contributed by atoms with Crippen LogP contribution in [-0.4, -0.2) is 32.4 Å². The second-order valence-electron chi connectivity index (χ2n) is 14.4. The van der Waals surface area contributed by atoms with Crippen LogP contribution in [0.1, 0.15) is 84.6 Å². The Morgan fingerprint density at radius 3 is 1.45 bits per heavy atom. The van der Waals surface area contributed by atoms with E-state index in [0.29, 0.717) is 16.8 Å². The Morgan fingerprint density at radius 2 is 0.964 bits per heavy atom. The molecular weight excluding hydrogens is 695 g/mol. The van der Waals surface area contributed by atoms with Crippen molar-refractivity contribution in [2.75, 3.05) is 0 Å². The lowest BCUT2D eigenvalue weighted by molar-refractivity contribution is -0.140. The van der Waals surface area contributed by atoms with E-state index in [1.54, 1.807) is 0 Å². The molecule has 0 fully saturated rings. The Labute approximate surface area is 325 Å². The molecule has 2 atom stereocenters. The van der Waals surface area contributed by atoms with Gasteiger partial charge in [0.15, 0.2) is 5.78 Å². The van der Waals surface area contributed by atoms with E-state index in [-0.39, 0.29) is 23.4 Å². The zero-order chi connectivity index (χ0) is 39.1. The van der Waals surface area contributed by atoms with E-state index in [9.17, 15) is 14.4 Å². The van der Waals surface area contributed by atoms with Crippen molar-refractivity contribution >= 4 is 66.9 Å². The van der Waals surface area contributed by atoms with Gasteiger partial charge in [-0.05, 0) is 79.6 Å². The molecule has 2 aromatic heterocycles. The molecule has 8 rings (SSSR count). The molecule has 0 aliphatic rings. The zero-order valence-electron chi connectivity index (χ0n) is 32.2. The number of ketones is 2. The minimum absolute atomic E-state index is 0.0135. The molecule has 0 radical (unpaired) electrons. The van der Waals surface area contributed by atoms with Gasteiger partial charge in [0.05, 0.1) is 0 Å². The molecule has 8 aromatic rings. The van der Waals surface area contributed by atoms with Crippen LogP contribution in [0, 0.1) is 0 Å². The number of aryl methyl sites for hydroxylation is 2. The Kier molecular flexibility index (Phi) is 9.69. The zero-order valence-corrected chi connectivity index (χ0v) is 32.2. The molecule has 0 N–H and O–H groups in total. The van der Waals surface area contributed by atoms with Gasteiger partial charge in [-0.3, -0.25) is 9.59 Å². The quantitative estimate of drug-likeness (QED) is 0.0573. The first-order valence-electron chi connectivity index (χ1n) is 19.2. The SMILES string of the molecule is CCn1c2ccc(C(=O)c3ccccc3)cc2c2cc(C(C)C(=O)C(C)c3ccc4c(c3)c3cc(C(=NOC(C)=O)c5ccccc5)ccc3n4CC)ccc21. The summed E-state index contributed by atoms with van der Waals surface area (Å²) in [4.78, 5) is 44.7. The average molecular weight is 738 g/mol. The van der Waals surface area contributed by atoms with Gasteiger partial charge in [-0.15, -0.1) is 0 Å². The van der Waals surface area contributed by atoms with Crippen LogP contribution in [0.5, 0.6) is 0 Å². The Bertz CT molecular complexity index is 2850. The highest BCUT2D eigenvalue weighted by atomic mass is 16.7. The van der Waals surface area contributed by atoms with E-state index >= 15 is 0 Å². The minimum atomic E-state index is -0.489. The number of aromatic nitrogens is 2. The number of carbonyl (C=O) groups excluding carboxylic acids is 3. The van der Waals surface area contributed by atoms with E-state index in [4.69, 9.17) is 4.84 Å². The summed E-state index contributed by atoms with van der Waals surface area (Å²) < 4.78 is 4.54. The summed E-state index contributed by atoms with van der Waals surface area (Å²) in [6.07, 6.45) is 0. The minimum Gasteiger partial charge on any atom is -0.341 e. The number of fused-ring (bicyclic) bond motifs is 6. The summed E-state index contributed by atoms with van der Waals surface area (Å²) in [6.45, 7) is 11.1. The number of oxime groups is 1. The fourth-order valence-corrected chi connectivity index (χ4v) is 8.19. The van der Waals surface area contributed by atoms with Crippen LogP contribution in [0.4, 0.5) is 0 Å². The van der Waals surface area contributed by atoms with Crippen LogP contribution in [0.2, 0.25) is 0 Å². The van der Waals surface area contributed by atoms with Crippen LogP contribution in [0.3, 0.4) is 0 Å². The van der Waals surface area contributed by atoms with Crippen LogP contribution in [-0.2, 0) is 27.5 Å². The Hall–Kier alpha value is -6.60. The van der Waals surface area contributed by atoms with Crippen molar-refractivity contribution in [2.24, 2.45) is 5.16 Å². The van der Waals surface area contributed by atoms with Crippen molar-refractivity contribution < 1.29 is 19.2 Å². The molecule has 0 bridgehead atoms. The fraction of sp³-hybridized carbons (Fsp3) is 0.184. The number of benzene rings is 6. The van der Waals surface area contributed by atoms with E-state index in [2.05, 4.69) is 76.7 Å². The Balaban J connectivity index is 1.15. The maximum atomic E-state index is 14.4. The first-order chi connectivity index (χ1) is 27.2. The van der Waals surface area contributed by atoms with Gasteiger partial charge in [0.2, 0.25) is 0 Å². The molecule has 0 saturated carbocycles. The fourth-order valence-electron chi connectivity index (χ4n) is 8.19. The molecule has 6 aromatic carbocycles. The third-order valence-corrected chi connectivity index (χ3v) is 11.1. The van der Waals surface area contributed by atoms with E-state index in [0.717, 1.165) is 79.0 Å². The summed E-state index contributed by atoms with van der Waals surface area (Å²) >= 11 is 0. The molecule has 56 heavy (non-hydrogen) atoms. The van der Waals surface area contributed by atoms with Gasteiger partial charge in [-0.25, -0.2) is 4.79 Å². The molecule has 7 heteroatoms. The average Bonchev–Trinajstić information content (AvgIpc) is 3.73. The second kappa shape index (κ2) is 14.9. The summed E-state index contributed by atoms with van der Waals surface area (Å²) in [5, 5.41) is 8.37. The topological polar surface area (TPSA) is 82.7 Å². The number of nitrogens with zero attached hydrogens (tertiary/aromatic N) is 3. The van der Waals surface area contributed by atoms with Crippen molar-refractivity contribution in [3.05, 3.63) is 167 Å². The van der Waals surface area contributed by atoms with Crippen molar-refractivity contribution in [3.8, 4) is 0 Å². The van der Waals surface area contributed by atoms with Gasteiger partial charge in [0.25, 0.3) is 0 Å². The molecule has 0 spiro atoms. The molecule has 7 nitrogen and oxygen atoms in total. The summed E-state index contributed by atoms with van der Waals surface area (Å²) in [6, 6.07) is 43.8. The molecule has 0 aliphatic heterocycles. The van der Waals surface area contributed by atoms with Crippen LogP contribution < -0.4 is 0 Å². The third kappa shape index (κ3) is 6.39. The predicted molar refractivity (Wildman–Crippen MR) is 226 cm³/mol. The largest absolute Gasteiger partial charge is 0.341 e. The van der Waals surface area contributed by atoms with Gasteiger partial charge in [0, 0.05) is 97.7 Å². The molecular formula is C49H43N3O4. The smallest absolute Gasteiger partial charge is 0.332 e. The van der Waals surface area contributed by atoms with E-state index in [1.165, 1.54) is 6.92 Å².